The second-order valence-electron chi connectivity index (χ2n) is 7.12. The number of carbonyl (C=O) groups excluding carboxylic acids is 2. The van der Waals surface area contributed by atoms with E-state index in [0.717, 1.165) is 53.4 Å². The van der Waals surface area contributed by atoms with Crippen molar-refractivity contribution in [2.24, 2.45) is 0 Å². The third-order valence-electron chi connectivity index (χ3n) is 5.11. The first-order valence-electron chi connectivity index (χ1n) is 9.70. The fourth-order valence-electron chi connectivity index (χ4n) is 3.66. The van der Waals surface area contributed by atoms with Crippen molar-refractivity contribution in [3.8, 4) is 0 Å². The molecule has 0 radical (unpaired) electrons. The molecule has 0 unspecified atom stereocenters. The van der Waals surface area contributed by atoms with E-state index in [-0.39, 0.29) is 19.0 Å². The number of aryl methyl sites for hydroxylation is 1. The van der Waals surface area contributed by atoms with Crippen LogP contribution in [0.3, 0.4) is 0 Å². The predicted octanol–water partition coefficient (Wildman–Crippen LogP) is 3.73. The summed E-state index contributed by atoms with van der Waals surface area (Å²) in [4.78, 5) is 29.7. The fourth-order valence-corrected chi connectivity index (χ4v) is 3.66. The summed E-state index contributed by atoms with van der Waals surface area (Å²) in [6.07, 6.45) is 3.69. The number of hydrogen-bond acceptors (Lipinski definition) is 4. The highest BCUT2D eigenvalue weighted by molar-refractivity contribution is 6.05. The molecular formula is C23H21FN2O3. The Morgan fingerprint density at radius 1 is 1.03 bits per heavy atom. The minimum atomic E-state index is -0.501. The lowest BCUT2D eigenvalue weighted by atomic mass is 9.90. The molecule has 4 rings (SSSR count). The number of rotatable bonds is 5. The molecule has 3 aromatic rings. The zero-order valence-electron chi connectivity index (χ0n) is 15.9. The van der Waals surface area contributed by atoms with E-state index in [2.05, 4.69) is 5.32 Å². The molecule has 6 heteroatoms. The molecule has 0 saturated heterocycles. The van der Waals surface area contributed by atoms with E-state index >= 15 is 0 Å². The van der Waals surface area contributed by atoms with Gasteiger partial charge in [0, 0.05) is 17.6 Å². The number of benzene rings is 2. The maximum Gasteiger partial charge on any atom is 0.339 e. The highest BCUT2D eigenvalue weighted by Gasteiger charge is 2.24. The molecule has 2 aromatic carbocycles. The van der Waals surface area contributed by atoms with Crippen molar-refractivity contribution in [1.29, 1.82) is 0 Å². The highest BCUT2D eigenvalue weighted by Crippen LogP contribution is 2.29. The molecule has 5 nitrogen and oxygen atoms in total. The Labute approximate surface area is 167 Å². The molecule has 1 aromatic heterocycles. The lowest BCUT2D eigenvalue weighted by Crippen LogP contribution is -2.28. The molecule has 0 spiro atoms. The summed E-state index contributed by atoms with van der Waals surface area (Å²) in [6.45, 7) is -0.129. The zero-order valence-corrected chi connectivity index (χ0v) is 15.9. The number of aromatic nitrogens is 1. The van der Waals surface area contributed by atoms with E-state index in [0.29, 0.717) is 5.56 Å². The maximum absolute atomic E-state index is 12.9. The Hall–Kier alpha value is -3.28. The van der Waals surface area contributed by atoms with Crippen molar-refractivity contribution in [3.05, 3.63) is 76.7 Å². The number of nitrogens with one attached hydrogen (secondary N) is 1. The third kappa shape index (κ3) is 4.26. The number of ether oxygens (including phenoxy) is 1. The molecule has 1 amide bonds. The molecule has 0 fully saturated rings. The lowest BCUT2D eigenvalue weighted by Gasteiger charge is -2.19. The van der Waals surface area contributed by atoms with Gasteiger partial charge in [-0.05, 0) is 55.0 Å². The van der Waals surface area contributed by atoms with Crippen molar-refractivity contribution < 1.29 is 18.7 Å². The molecule has 0 atom stereocenters. The van der Waals surface area contributed by atoms with Gasteiger partial charge in [0.2, 0.25) is 0 Å². The Balaban J connectivity index is 1.46. The van der Waals surface area contributed by atoms with Crippen molar-refractivity contribution in [2.45, 2.75) is 32.2 Å². The number of hydrogen-bond donors (Lipinski definition) is 1. The van der Waals surface area contributed by atoms with Gasteiger partial charge in [-0.1, -0.05) is 30.3 Å². The molecule has 0 bridgehead atoms. The standard InChI is InChI=1S/C23H21FN2O3/c24-16-11-9-15(10-12-16)13-25-21(27)14-29-23(28)22-17-5-1-3-7-19(17)26-20-8-4-2-6-18(20)22/h1,3,5,7,9-12H,2,4,6,8,13-14H2,(H,25,27). The number of nitrogens with zero attached hydrogens (tertiary/aromatic N) is 1. The largest absolute Gasteiger partial charge is 0.452 e. The van der Waals surface area contributed by atoms with Crippen LogP contribution in [-0.2, 0) is 28.9 Å². The van der Waals surface area contributed by atoms with E-state index in [1.807, 2.05) is 24.3 Å². The van der Waals surface area contributed by atoms with Crippen LogP contribution in [0.4, 0.5) is 4.39 Å². The monoisotopic (exact) mass is 392 g/mol. The quantitative estimate of drug-likeness (QED) is 0.672. The molecule has 1 aliphatic carbocycles. The van der Waals surface area contributed by atoms with Crippen molar-refractivity contribution >= 4 is 22.8 Å². The van der Waals surface area contributed by atoms with Gasteiger partial charge < -0.3 is 10.1 Å². The topological polar surface area (TPSA) is 68.3 Å². The molecular weight excluding hydrogens is 371 g/mol. The van der Waals surface area contributed by atoms with Gasteiger partial charge in [0.15, 0.2) is 6.61 Å². The zero-order chi connectivity index (χ0) is 20.2. The normalized spacial score (nSPS) is 13.0. The Bertz CT molecular complexity index is 1060. The van der Waals surface area contributed by atoms with E-state index in [1.54, 1.807) is 12.1 Å². The molecule has 29 heavy (non-hydrogen) atoms. The van der Waals surface area contributed by atoms with E-state index in [1.165, 1.54) is 12.1 Å². The summed E-state index contributed by atoms with van der Waals surface area (Å²) < 4.78 is 18.3. The summed E-state index contributed by atoms with van der Waals surface area (Å²) >= 11 is 0. The molecule has 1 aliphatic rings. The number of carbonyl (C=O) groups is 2. The molecule has 0 aliphatic heterocycles. The number of amides is 1. The minimum Gasteiger partial charge on any atom is -0.452 e. The van der Waals surface area contributed by atoms with Crippen LogP contribution >= 0.6 is 0 Å². The first-order chi connectivity index (χ1) is 14.1. The third-order valence-corrected chi connectivity index (χ3v) is 5.11. The van der Waals surface area contributed by atoms with Gasteiger partial charge in [-0.15, -0.1) is 0 Å². The summed E-state index contributed by atoms with van der Waals surface area (Å²) in [5.74, 6) is -1.24. The molecule has 1 N–H and O–H groups in total. The lowest BCUT2D eigenvalue weighted by molar-refractivity contribution is -0.124. The predicted molar refractivity (Wildman–Crippen MR) is 107 cm³/mol. The van der Waals surface area contributed by atoms with Crippen molar-refractivity contribution in [2.75, 3.05) is 6.61 Å². The van der Waals surface area contributed by atoms with Gasteiger partial charge in [0.1, 0.15) is 5.82 Å². The Kier molecular flexibility index (Phi) is 5.51. The van der Waals surface area contributed by atoms with Crippen LogP contribution in [0.15, 0.2) is 48.5 Å². The average molecular weight is 392 g/mol. The van der Waals surface area contributed by atoms with Crippen molar-refractivity contribution in [3.63, 3.8) is 0 Å². The second kappa shape index (κ2) is 8.39. The number of esters is 1. The molecule has 0 saturated carbocycles. The van der Waals surface area contributed by atoms with Gasteiger partial charge in [0.05, 0.1) is 11.1 Å². The Morgan fingerprint density at radius 3 is 2.62 bits per heavy atom. The number of para-hydroxylation sites is 1. The van der Waals surface area contributed by atoms with E-state index in [9.17, 15) is 14.0 Å². The van der Waals surface area contributed by atoms with Crippen LogP contribution < -0.4 is 5.32 Å². The fraction of sp³-hybridized carbons (Fsp3) is 0.261. The van der Waals surface area contributed by atoms with Crippen LogP contribution in [0.1, 0.15) is 40.0 Å². The number of halogens is 1. The van der Waals surface area contributed by atoms with Crippen molar-refractivity contribution in [1.82, 2.24) is 10.3 Å². The second-order valence-corrected chi connectivity index (χ2v) is 7.12. The first-order valence-corrected chi connectivity index (χ1v) is 9.70. The number of fused-ring (bicyclic) bond motifs is 2. The van der Waals surface area contributed by atoms with Gasteiger partial charge >= 0.3 is 5.97 Å². The number of pyridine rings is 1. The summed E-state index contributed by atoms with van der Waals surface area (Å²) in [5, 5.41) is 3.43. The SMILES string of the molecule is O=C(COC(=O)c1c2c(nc3ccccc13)CCCC2)NCc1ccc(F)cc1. The van der Waals surface area contributed by atoms with Crippen LogP contribution in [0, 0.1) is 5.82 Å². The van der Waals surface area contributed by atoms with Crippen LogP contribution in [0.5, 0.6) is 0 Å². The van der Waals surface area contributed by atoms with Crippen LogP contribution in [0.25, 0.3) is 10.9 Å². The smallest absolute Gasteiger partial charge is 0.339 e. The average Bonchev–Trinajstić information content (AvgIpc) is 2.75. The first kappa shape index (κ1) is 19.1. The van der Waals surface area contributed by atoms with Crippen LogP contribution in [0.2, 0.25) is 0 Å². The Morgan fingerprint density at radius 2 is 1.79 bits per heavy atom. The molecule has 148 valence electrons. The van der Waals surface area contributed by atoms with Gasteiger partial charge in [-0.3, -0.25) is 9.78 Å². The van der Waals surface area contributed by atoms with Crippen LogP contribution in [-0.4, -0.2) is 23.5 Å². The van der Waals surface area contributed by atoms with E-state index < -0.39 is 11.9 Å². The summed E-state index contributed by atoms with van der Waals surface area (Å²) in [7, 11) is 0. The van der Waals surface area contributed by atoms with Gasteiger partial charge in [0.25, 0.3) is 5.91 Å². The molecule has 1 heterocycles. The van der Waals surface area contributed by atoms with Gasteiger partial charge in [-0.2, -0.15) is 0 Å². The summed E-state index contributed by atoms with van der Waals surface area (Å²) in [5.41, 5.74) is 3.94. The highest BCUT2D eigenvalue weighted by atomic mass is 19.1. The summed E-state index contributed by atoms with van der Waals surface area (Å²) in [6, 6.07) is 13.4. The minimum absolute atomic E-state index is 0.240. The maximum atomic E-state index is 12.9. The van der Waals surface area contributed by atoms with E-state index in [4.69, 9.17) is 9.72 Å². The van der Waals surface area contributed by atoms with Gasteiger partial charge in [-0.25, -0.2) is 9.18 Å².